The van der Waals surface area contributed by atoms with Gasteiger partial charge in [-0.2, -0.15) is 0 Å². The summed E-state index contributed by atoms with van der Waals surface area (Å²) < 4.78 is 27.9. The number of benzene rings is 2. The average Bonchev–Trinajstić information content (AvgIpc) is 2.99. The third kappa shape index (κ3) is 3.86. The van der Waals surface area contributed by atoms with Gasteiger partial charge in [0, 0.05) is 29.4 Å². The van der Waals surface area contributed by atoms with Crippen molar-refractivity contribution in [3.8, 4) is 11.3 Å². The zero-order valence-electron chi connectivity index (χ0n) is 15.3. The molecule has 0 amide bonds. The molecule has 2 aromatic carbocycles. The monoisotopic (exact) mass is 354 g/mol. The van der Waals surface area contributed by atoms with Gasteiger partial charge in [-0.3, -0.25) is 0 Å². The molecule has 0 radical (unpaired) electrons. The molecule has 0 aliphatic rings. The van der Waals surface area contributed by atoms with Gasteiger partial charge in [-0.05, 0) is 40.8 Å². The summed E-state index contributed by atoms with van der Waals surface area (Å²) in [5.41, 5.74) is 10.1. The lowest BCUT2D eigenvalue weighted by Gasteiger charge is -2.27. The molecule has 0 fully saturated rings. The van der Waals surface area contributed by atoms with E-state index in [-0.39, 0.29) is 17.0 Å². The lowest BCUT2D eigenvalue weighted by atomic mass is 9.82. The van der Waals surface area contributed by atoms with Gasteiger partial charge in [0.15, 0.2) is 0 Å². The van der Waals surface area contributed by atoms with E-state index in [1.54, 1.807) is 0 Å². The van der Waals surface area contributed by atoms with Crippen molar-refractivity contribution >= 4 is 0 Å². The summed E-state index contributed by atoms with van der Waals surface area (Å²) in [5.74, 6) is -0.933. The van der Waals surface area contributed by atoms with Gasteiger partial charge in [0.2, 0.25) is 0 Å². The van der Waals surface area contributed by atoms with Crippen LogP contribution in [0, 0.1) is 17.0 Å². The molecular weight excluding hydrogens is 330 g/mol. The maximum atomic E-state index is 14.2. The SMILES string of the molecule is CC(C)(C)C(N)c1cc(-c2cc(F)ccc2F)[nH]c1Cc1ccccc1. The molecule has 4 heteroatoms. The first kappa shape index (κ1) is 18.3. The molecule has 0 spiro atoms. The Bertz CT molecular complexity index is 892. The average molecular weight is 354 g/mol. The van der Waals surface area contributed by atoms with Crippen molar-refractivity contribution in [2.24, 2.45) is 11.1 Å². The maximum absolute atomic E-state index is 14.2. The topological polar surface area (TPSA) is 41.8 Å². The zero-order chi connectivity index (χ0) is 18.9. The molecule has 3 rings (SSSR count). The predicted molar refractivity (Wildman–Crippen MR) is 102 cm³/mol. The maximum Gasteiger partial charge on any atom is 0.132 e. The Morgan fingerprint density at radius 3 is 2.35 bits per heavy atom. The minimum Gasteiger partial charge on any atom is -0.358 e. The molecule has 3 N–H and O–H groups in total. The third-order valence-electron chi connectivity index (χ3n) is 4.64. The van der Waals surface area contributed by atoms with Crippen LogP contribution in [-0.4, -0.2) is 4.98 Å². The fraction of sp³-hybridized carbons (Fsp3) is 0.273. The van der Waals surface area contributed by atoms with Crippen molar-refractivity contribution in [3.05, 3.63) is 83.1 Å². The molecule has 1 aromatic heterocycles. The van der Waals surface area contributed by atoms with Crippen LogP contribution in [-0.2, 0) is 6.42 Å². The Labute approximate surface area is 153 Å². The Hall–Kier alpha value is -2.46. The molecule has 136 valence electrons. The van der Waals surface area contributed by atoms with Crippen LogP contribution in [0.4, 0.5) is 8.78 Å². The first-order valence-electron chi connectivity index (χ1n) is 8.72. The molecule has 26 heavy (non-hydrogen) atoms. The van der Waals surface area contributed by atoms with Gasteiger partial charge in [0.25, 0.3) is 0 Å². The Morgan fingerprint density at radius 1 is 1.00 bits per heavy atom. The van der Waals surface area contributed by atoms with E-state index < -0.39 is 11.6 Å². The van der Waals surface area contributed by atoms with Crippen LogP contribution >= 0.6 is 0 Å². The molecule has 3 aromatic rings. The van der Waals surface area contributed by atoms with Gasteiger partial charge in [-0.1, -0.05) is 51.1 Å². The van der Waals surface area contributed by atoms with Crippen LogP contribution in [0.25, 0.3) is 11.3 Å². The molecule has 2 nitrogen and oxygen atoms in total. The van der Waals surface area contributed by atoms with Crippen LogP contribution in [0.1, 0.15) is 43.6 Å². The van der Waals surface area contributed by atoms with Gasteiger partial charge in [0.05, 0.1) is 0 Å². The molecule has 1 unspecified atom stereocenters. The minimum absolute atomic E-state index is 0.161. The van der Waals surface area contributed by atoms with Crippen molar-refractivity contribution in [2.75, 3.05) is 0 Å². The number of hydrogen-bond donors (Lipinski definition) is 2. The quantitative estimate of drug-likeness (QED) is 0.629. The number of nitrogens with one attached hydrogen (secondary N) is 1. The molecular formula is C22H24F2N2. The van der Waals surface area contributed by atoms with Gasteiger partial charge in [-0.25, -0.2) is 8.78 Å². The molecule has 0 aliphatic carbocycles. The highest BCUT2D eigenvalue weighted by atomic mass is 19.1. The minimum atomic E-state index is -0.470. The largest absolute Gasteiger partial charge is 0.358 e. The van der Waals surface area contributed by atoms with E-state index in [2.05, 4.69) is 25.8 Å². The number of H-pyrrole nitrogens is 1. The number of nitrogens with two attached hydrogens (primary N) is 1. The standard InChI is InChI=1S/C22H24F2N2/c1-22(2,3)21(25)17-13-20(16-12-15(23)9-10-18(16)24)26-19(17)11-14-7-5-4-6-8-14/h4-10,12-13,21,26H,11,25H2,1-3H3. The second-order valence-corrected chi connectivity index (χ2v) is 7.75. The van der Waals surface area contributed by atoms with Gasteiger partial charge in [0.1, 0.15) is 11.6 Å². The second-order valence-electron chi connectivity index (χ2n) is 7.75. The van der Waals surface area contributed by atoms with Crippen molar-refractivity contribution in [3.63, 3.8) is 0 Å². The summed E-state index contributed by atoms with van der Waals surface area (Å²) in [7, 11) is 0. The molecule has 0 saturated heterocycles. The van der Waals surface area contributed by atoms with Crippen molar-refractivity contribution in [1.29, 1.82) is 0 Å². The fourth-order valence-corrected chi connectivity index (χ4v) is 3.05. The molecule has 0 bridgehead atoms. The lowest BCUT2D eigenvalue weighted by Crippen LogP contribution is -2.26. The van der Waals surface area contributed by atoms with Crippen LogP contribution in [0.15, 0.2) is 54.6 Å². The summed E-state index contributed by atoms with van der Waals surface area (Å²) in [4.78, 5) is 3.28. The Kier molecular flexibility index (Phi) is 4.97. The lowest BCUT2D eigenvalue weighted by molar-refractivity contribution is 0.326. The van der Waals surface area contributed by atoms with Crippen molar-refractivity contribution in [2.45, 2.75) is 33.2 Å². The number of aromatic amines is 1. The second kappa shape index (κ2) is 7.04. The number of hydrogen-bond acceptors (Lipinski definition) is 1. The fourth-order valence-electron chi connectivity index (χ4n) is 3.05. The Morgan fingerprint density at radius 2 is 1.69 bits per heavy atom. The van der Waals surface area contributed by atoms with E-state index in [1.807, 2.05) is 36.4 Å². The zero-order valence-corrected chi connectivity index (χ0v) is 15.3. The Balaban J connectivity index is 2.09. The predicted octanol–water partition coefficient (Wildman–Crippen LogP) is 5.60. The highest BCUT2D eigenvalue weighted by molar-refractivity contribution is 5.63. The normalized spacial score (nSPS) is 13.0. The summed E-state index contributed by atoms with van der Waals surface area (Å²) in [6.07, 6.45) is 0.650. The summed E-state index contributed by atoms with van der Waals surface area (Å²) in [5, 5.41) is 0. The van der Waals surface area contributed by atoms with Crippen LogP contribution < -0.4 is 5.73 Å². The van der Waals surface area contributed by atoms with Crippen molar-refractivity contribution in [1.82, 2.24) is 4.98 Å². The number of aromatic nitrogens is 1. The molecule has 1 heterocycles. The van der Waals surface area contributed by atoms with Gasteiger partial charge < -0.3 is 10.7 Å². The smallest absolute Gasteiger partial charge is 0.132 e. The first-order chi connectivity index (χ1) is 12.3. The van der Waals surface area contributed by atoms with Crippen LogP contribution in [0.3, 0.4) is 0 Å². The highest BCUT2D eigenvalue weighted by Crippen LogP contribution is 2.36. The van der Waals surface area contributed by atoms with Crippen molar-refractivity contribution < 1.29 is 8.78 Å². The third-order valence-corrected chi connectivity index (χ3v) is 4.64. The summed E-state index contributed by atoms with van der Waals surface area (Å²) >= 11 is 0. The van der Waals surface area contributed by atoms with E-state index in [4.69, 9.17) is 5.73 Å². The van der Waals surface area contributed by atoms with Gasteiger partial charge >= 0.3 is 0 Å². The molecule has 0 saturated carbocycles. The number of halogens is 2. The van der Waals surface area contributed by atoms with E-state index in [1.165, 1.54) is 6.07 Å². The first-order valence-corrected chi connectivity index (χ1v) is 8.72. The van der Waals surface area contributed by atoms with E-state index in [0.29, 0.717) is 12.1 Å². The molecule has 0 aliphatic heterocycles. The number of rotatable bonds is 4. The van der Waals surface area contributed by atoms with Crippen LogP contribution in [0.5, 0.6) is 0 Å². The summed E-state index contributed by atoms with van der Waals surface area (Å²) in [6.45, 7) is 6.21. The molecule has 1 atom stereocenters. The van der Waals surface area contributed by atoms with Gasteiger partial charge in [-0.15, -0.1) is 0 Å². The summed E-state index contributed by atoms with van der Waals surface area (Å²) in [6, 6.07) is 15.1. The van der Waals surface area contributed by atoms with Crippen LogP contribution in [0.2, 0.25) is 0 Å². The highest BCUT2D eigenvalue weighted by Gasteiger charge is 2.27. The van der Waals surface area contributed by atoms with E-state index in [0.717, 1.165) is 29.0 Å². The van der Waals surface area contributed by atoms with E-state index >= 15 is 0 Å². The van der Waals surface area contributed by atoms with E-state index in [9.17, 15) is 8.78 Å².